The van der Waals surface area contributed by atoms with Gasteiger partial charge in [-0.25, -0.2) is 0 Å². The number of aliphatic imine (C=N–C) groups is 1. The Morgan fingerprint density at radius 3 is 2.67 bits per heavy atom. The van der Waals surface area contributed by atoms with E-state index in [1.165, 1.54) is 16.7 Å². The summed E-state index contributed by atoms with van der Waals surface area (Å²) in [7, 11) is 3.44. The molecule has 7 heteroatoms. The molecule has 152 valence electrons. The van der Waals surface area contributed by atoms with Gasteiger partial charge >= 0.3 is 0 Å². The van der Waals surface area contributed by atoms with E-state index >= 15 is 0 Å². The van der Waals surface area contributed by atoms with Crippen molar-refractivity contribution in [3.05, 3.63) is 34.9 Å². The van der Waals surface area contributed by atoms with Crippen molar-refractivity contribution in [2.24, 2.45) is 10.4 Å². The van der Waals surface area contributed by atoms with Gasteiger partial charge in [0.05, 0.1) is 18.6 Å². The van der Waals surface area contributed by atoms with Crippen molar-refractivity contribution < 1.29 is 9.53 Å². The number of nitrogens with one attached hydrogen (secondary N) is 2. The fourth-order valence-electron chi connectivity index (χ4n) is 3.27. The summed E-state index contributed by atoms with van der Waals surface area (Å²) >= 11 is 0. The molecule has 1 heterocycles. The Kier molecular flexibility index (Phi) is 9.01. The van der Waals surface area contributed by atoms with Crippen LogP contribution in [0.5, 0.6) is 0 Å². The third-order valence-corrected chi connectivity index (χ3v) is 4.88. The maximum atomic E-state index is 12.0. The zero-order valence-corrected chi connectivity index (χ0v) is 19.6. The lowest BCUT2D eigenvalue weighted by molar-refractivity contribution is -0.128. The highest BCUT2D eigenvalue weighted by molar-refractivity contribution is 14.0. The number of amides is 1. The fourth-order valence-corrected chi connectivity index (χ4v) is 3.27. The lowest BCUT2D eigenvalue weighted by atomic mass is 9.92. The maximum Gasteiger partial charge on any atom is 0.227 e. The topological polar surface area (TPSA) is 66.0 Å². The molecule has 6 nitrogen and oxygen atoms in total. The van der Waals surface area contributed by atoms with Crippen molar-refractivity contribution in [1.82, 2.24) is 15.5 Å². The van der Waals surface area contributed by atoms with Gasteiger partial charge in [0.15, 0.2) is 5.96 Å². The van der Waals surface area contributed by atoms with E-state index in [1.807, 2.05) is 13.8 Å². The van der Waals surface area contributed by atoms with Gasteiger partial charge in [-0.2, -0.15) is 0 Å². The molecule has 1 aliphatic heterocycles. The van der Waals surface area contributed by atoms with Crippen LogP contribution in [0.25, 0.3) is 0 Å². The van der Waals surface area contributed by atoms with Crippen molar-refractivity contribution in [3.63, 3.8) is 0 Å². The first-order chi connectivity index (χ1) is 12.3. The van der Waals surface area contributed by atoms with Gasteiger partial charge in [-0.3, -0.25) is 9.79 Å². The molecule has 1 fully saturated rings. The number of aryl methyl sites for hydroxylation is 2. The Hall–Kier alpha value is -1.35. The van der Waals surface area contributed by atoms with E-state index in [2.05, 4.69) is 52.6 Å². The second-order valence-corrected chi connectivity index (χ2v) is 7.53. The molecule has 2 rings (SSSR count). The van der Waals surface area contributed by atoms with E-state index in [1.54, 1.807) is 14.1 Å². The monoisotopic (exact) mass is 488 g/mol. The lowest BCUT2D eigenvalue weighted by Gasteiger charge is -2.36. The van der Waals surface area contributed by atoms with Gasteiger partial charge in [0.25, 0.3) is 0 Å². The number of nitrogens with zero attached hydrogens (tertiary/aromatic N) is 2. The van der Waals surface area contributed by atoms with Crippen LogP contribution >= 0.6 is 24.0 Å². The lowest BCUT2D eigenvalue weighted by Crippen LogP contribution is -2.51. The predicted molar refractivity (Wildman–Crippen MR) is 121 cm³/mol. The first-order valence-electron chi connectivity index (χ1n) is 9.15. The molecule has 27 heavy (non-hydrogen) atoms. The molecule has 0 aliphatic carbocycles. The molecule has 2 N–H and O–H groups in total. The number of benzene rings is 1. The van der Waals surface area contributed by atoms with E-state index in [9.17, 15) is 4.79 Å². The Labute approximate surface area is 180 Å². The van der Waals surface area contributed by atoms with E-state index in [0.29, 0.717) is 13.2 Å². The molecule has 1 unspecified atom stereocenters. The number of ether oxygens (including phenoxy) is 1. The third-order valence-electron chi connectivity index (χ3n) is 4.88. The molecule has 1 aromatic rings. The minimum absolute atomic E-state index is 0. The van der Waals surface area contributed by atoms with Crippen molar-refractivity contribution in [2.75, 3.05) is 40.3 Å². The van der Waals surface area contributed by atoms with Crippen LogP contribution in [-0.4, -0.2) is 57.1 Å². The van der Waals surface area contributed by atoms with E-state index in [0.717, 1.165) is 19.0 Å². The minimum Gasteiger partial charge on any atom is -0.370 e. The quantitative estimate of drug-likeness (QED) is 0.389. The summed E-state index contributed by atoms with van der Waals surface area (Å²) in [5.41, 5.74) is 3.22. The summed E-state index contributed by atoms with van der Waals surface area (Å²) in [6.45, 7) is 10.8. The Morgan fingerprint density at radius 1 is 1.37 bits per heavy atom. The highest BCUT2D eigenvalue weighted by Crippen LogP contribution is 2.26. The van der Waals surface area contributed by atoms with Crippen LogP contribution in [0.2, 0.25) is 0 Å². The maximum absolute atomic E-state index is 12.0. The molecule has 1 aromatic carbocycles. The van der Waals surface area contributed by atoms with Crippen molar-refractivity contribution >= 4 is 35.8 Å². The van der Waals surface area contributed by atoms with Crippen LogP contribution < -0.4 is 10.6 Å². The largest absolute Gasteiger partial charge is 0.370 e. The van der Waals surface area contributed by atoms with E-state index in [4.69, 9.17) is 4.74 Å². The third kappa shape index (κ3) is 6.07. The Morgan fingerprint density at radius 2 is 2.07 bits per heavy atom. The highest BCUT2D eigenvalue weighted by atomic mass is 127. The van der Waals surface area contributed by atoms with E-state index < -0.39 is 5.41 Å². The van der Waals surface area contributed by atoms with Gasteiger partial charge in [-0.05, 0) is 38.8 Å². The summed E-state index contributed by atoms with van der Waals surface area (Å²) in [6.07, 6.45) is 0.0230. The van der Waals surface area contributed by atoms with Gasteiger partial charge in [-0.1, -0.05) is 23.8 Å². The molecule has 0 spiro atoms. The average molecular weight is 488 g/mol. The number of halogens is 1. The standard InChI is InChI=1S/C20H32N4O2.HI/c1-14-7-8-16(15(2)11-14)17-12-24(9-10-26-17)19(22-6)23-13-20(3,4)18(25)21-5;/h7-8,11,17H,9-10,12-13H2,1-6H3,(H,21,25)(H,22,23);1H. The van der Waals surface area contributed by atoms with Crippen molar-refractivity contribution in [1.29, 1.82) is 0 Å². The van der Waals surface area contributed by atoms with Gasteiger partial charge < -0.3 is 20.3 Å². The van der Waals surface area contributed by atoms with Crippen LogP contribution in [-0.2, 0) is 9.53 Å². The first kappa shape index (κ1) is 23.7. The summed E-state index contributed by atoms with van der Waals surface area (Å²) in [5, 5.41) is 6.06. The summed E-state index contributed by atoms with van der Waals surface area (Å²) in [4.78, 5) is 18.6. The molecule has 0 radical (unpaired) electrons. The van der Waals surface area contributed by atoms with Crippen LogP contribution in [0.15, 0.2) is 23.2 Å². The molecule has 0 bridgehead atoms. The molecule has 0 saturated carbocycles. The normalized spacial score (nSPS) is 17.9. The molecule has 0 aromatic heterocycles. The Balaban J connectivity index is 0.00000364. The number of morpholine rings is 1. The molecular formula is C20H33IN4O2. The number of guanidine groups is 1. The molecule has 1 amide bonds. The number of rotatable bonds is 4. The van der Waals surface area contributed by atoms with Crippen molar-refractivity contribution in [3.8, 4) is 0 Å². The number of hydrogen-bond acceptors (Lipinski definition) is 3. The van der Waals surface area contributed by atoms with Crippen LogP contribution in [0, 0.1) is 19.3 Å². The van der Waals surface area contributed by atoms with Crippen LogP contribution in [0.4, 0.5) is 0 Å². The zero-order valence-electron chi connectivity index (χ0n) is 17.3. The van der Waals surface area contributed by atoms with Gasteiger partial charge in [0.1, 0.15) is 6.10 Å². The Bertz CT molecular complexity index is 676. The summed E-state index contributed by atoms with van der Waals surface area (Å²) in [5.74, 6) is 0.815. The summed E-state index contributed by atoms with van der Waals surface area (Å²) in [6, 6.07) is 6.48. The molecule has 1 saturated heterocycles. The van der Waals surface area contributed by atoms with Gasteiger partial charge in [0.2, 0.25) is 5.91 Å². The molecule has 1 aliphatic rings. The smallest absolute Gasteiger partial charge is 0.227 e. The van der Waals surface area contributed by atoms with Crippen LogP contribution in [0.3, 0.4) is 0 Å². The van der Waals surface area contributed by atoms with Crippen LogP contribution in [0.1, 0.15) is 36.6 Å². The van der Waals surface area contributed by atoms with E-state index in [-0.39, 0.29) is 36.0 Å². The molecule has 1 atom stereocenters. The second kappa shape index (κ2) is 10.3. The van der Waals surface area contributed by atoms with Crippen molar-refractivity contribution in [2.45, 2.75) is 33.8 Å². The first-order valence-corrected chi connectivity index (χ1v) is 9.15. The predicted octanol–water partition coefficient (Wildman–Crippen LogP) is 2.64. The number of carbonyl (C=O) groups is 1. The SMILES string of the molecule is CN=C(NCC(C)(C)C(=O)NC)N1CCOC(c2ccc(C)cc2C)C1.I. The molecular weight excluding hydrogens is 455 g/mol. The second-order valence-electron chi connectivity index (χ2n) is 7.53. The highest BCUT2D eigenvalue weighted by Gasteiger charge is 2.29. The number of hydrogen-bond donors (Lipinski definition) is 2. The average Bonchev–Trinajstić information content (AvgIpc) is 2.61. The van der Waals surface area contributed by atoms with Gasteiger partial charge in [-0.15, -0.1) is 24.0 Å². The summed E-state index contributed by atoms with van der Waals surface area (Å²) < 4.78 is 6.02. The number of carbonyl (C=O) groups excluding carboxylic acids is 1. The minimum atomic E-state index is -0.510. The zero-order chi connectivity index (χ0) is 19.3. The van der Waals surface area contributed by atoms with Gasteiger partial charge in [0, 0.05) is 27.2 Å². The fraction of sp³-hybridized carbons (Fsp3) is 0.600.